The lowest BCUT2D eigenvalue weighted by Crippen LogP contribution is -2.06. The van der Waals surface area contributed by atoms with E-state index in [1.54, 1.807) is 6.92 Å². The van der Waals surface area contributed by atoms with Gasteiger partial charge < -0.3 is 9.84 Å². The van der Waals surface area contributed by atoms with Crippen molar-refractivity contribution in [3.8, 4) is 0 Å². The smallest absolute Gasteiger partial charge is 0.371 e. The number of ether oxygens (including phenoxy) is 1. The topological polar surface area (TPSA) is 63.6 Å². The van der Waals surface area contributed by atoms with Crippen LogP contribution in [-0.2, 0) is 14.3 Å². The number of rotatable bonds is 3. The zero-order chi connectivity index (χ0) is 10.9. The van der Waals surface area contributed by atoms with E-state index in [0.717, 1.165) is 0 Å². The van der Waals surface area contributed by atoms with E-state index >= 15 is 0 Å². The van der Waals surface area contributed by atoms with Crippen molar-refractivity contribution in [3.63, 3.8) is 0 Å². The van der Waals surface area contributed by atoms with Crippen molar-refractivity contribution in [1.82, 2.24) is 0 Å². The van der Waals surface area contributed by atoms with E-state index in [0.29, 0.717) is 0 Å². The third-order valence-corrected chi connectivity index (χ3v) is 0.601. The highest BCUT2D eigenvalue weighted by Gasteiger charge is 2.10. The molecule has 0 aliphatic rings. The zero-order valence-electron chi connectivity index (χ0n) is 6.80. The van der Waals surface area contributed by atoms with E-state index in [2.05, 4.69) is 4.74 Å². The van der Waals surface area contributed by atoms with E-state index in [1.807, 2.05) is 0 Å². The first-order valence-corrected chi connectivity index (χ1v) is 3.18. The molecule has 0 radical (unpaired) electrons. The maximum absolute atomic E-state index is 11.1. The molecule has 1 N–H and O–H groups in total. The number of hydrogen-bond acceptors (Lipinski definition) is 3. The molecule has 0 aromatic rings. The minimum absolute atomic E-state index is 0.253. The number of carbonyl (C=O) groups is 2. The first-order chi connectivity index (χ1) is 5.95. The maximum Gasteiger partial charge on any atom is 0.371 e. The van der Waals surface area contributed by atoms with Crippen LogP contribution in [0.2, 0.25) is 0 Å². The van der Waals surface area contributed by atoms with Gasteiger partial charge in [0.1, 0.15) is 0 Å². The SMILES string of the molecule is CCOC(=O)CF.O=C(O)C(F)F. The molecule has 0 atom stereocenters. The average Bonchev–Trinajstić information content (AvgIpc) is 2.05. The van der Waals surface area contributed by atoms with Gasteiger partial charge in [-0.15, -0.1) is 0 Å². The minimum Gasteiger partial charge on any atom is -0.477 e. The van der Waals surface area contributed by atoms with Crippen molar-refractivity contribution in [2.24, 2.45) is 0 Å². The third kappa shape index (κ3) is 13.7. The summed E-state index contributed by atoms with van der Waals surface area (Å²) in [5, 5.41) is 7.24. The van der Waals surface area contributed by atoms with Gasteiger partial charge in [-0.05, 0) is 6.92 Å². The predicted molar refractivity (Wildman–Crippen MR) is 36.2 cm³/mol. The summed E-state index contributed by atoms with van der Waals surface area (Å²) in [6, 6.07) is 0. The monoisotopic (exact) mass is 202 g/mol. The van der Waals surface area contributed by atoms with E-state index in [1.165, 1.54) is 0 Å². The number of carboxylic acids is 1. The van der Waals surface area contributed by atoms with Crippen molar-refractivity contribution in [2.45, 2.75) is 13.3 Å². The number of aliphatic carboxylic acids is 1. The molecule has 0 aliphatic heterocycles. The molecule has 0 aliphatic carbocycles. The summed E-state index contributed by atoms with van der Waals surface area (Å²) in [4.78, 5) is 18.8. The predicted octanol–water partition coefficient (Wildman–Crippen LogP) is 0.855. The van der Waals surface area contributed by atoms with Crippen LogP contribution in [-0.4, -0.2) is 36.8 Å². The molecule has 0 saturated carbocycles. The second kappa shape index (κ2) is 8.82. The van der Waals surface area contributed by atoms with Crippen molar-refractivity contribution >= 4 is 11.9 Å². The number of halogens is 3. The summed E-state index contributed by atoms with van der Waals surface area (Å²) in [6.45, 7) is 0.865. The van der Waals surface area contributed by atoms with Gasteiger partial charge in [0.2, 0.25) is 0 Å². The highest BCUT2D eigenvalue weighted by atomic mass is 19.3. The standard InChI is InChI=1S/C4H7FO2.C2H2F2O2/c1-2-7-4(6)3-5;3-1(4)2(5)6/h2-3H2,1H3;1H,(H,5,6). The second-order valence-electron chi connectivity index (χ2n) is 1.58. The fraction of sp³-hybridized carbons (Fsp3) is 0.667. The van der Waals surface area contributed by atoms with Crippen molar-refractivity contribution in [1.29, 1.82) is 0 Å². The summed E-state index contributed by atoms with van der Waals surface area (Å²) in [5.41, 5.74) is 0. The Morgan fingerprint density at radius 3 is 1.92 bits per heavy atom. The van der Waals surface area contributed by atoms with Gasteiger partial charge in [-0.2, -0.15) is 8.78 Å². The molecular weight excluding hydrogens is 193 g/mol. The molecule has 0 rings (SSSR count). The third-order valence-electron chi connectivity index (χ3n) is 0.601. The molecule has 0 saturated heterocycles. The van der Waals surface area contributed by atoms with Crippen LogP contribution in [0.4, 0.5) is 13.2 Å². The van der Waals surface area contributed by atoms with Gasteiger partial charge in [0.05, 0.1) is 6.61 Å². The lowest BCUT2D eigenvalue weighted by atomic mass is 10.7. The van der Waals surface area contributed by atoms with E-state index in [4.69, 9.17) is 9.90 Å². The summed E-state index contributed by atoms with van der Waals surface area (Å²) in [5.74, 6) is -2.86. The van der Waals surface area contributed by atoms with E-state index < -0.39 is 25.0 Å². The Bertz CT molecular complexity index is 160. The molecule has 78 valence electrons. The van der Waals surface area contributed by atoms with Crippen molar-refractivity contribution in [3.05, 3.63) is 0 Å². The largest absolute Gasteiger partial charge is 0.477 e. The fourth-order valence-corrected chi connectivity index (χ4v) is 0.200. The van der Waals surface area contributed by atoms with Gasteiger partial charge >= 0.3 is 18.4 Å². The highest BCUT2D eigenvalue weighted by molar-refractivity contribution is 5.70. The van der Waals surface area contributed by atoms with Crippen LogP contribution in [0.15, 0.2) is 0 Å². The molecule has 0 amide bonds. The number of hydrogen-bond donors (Lipinski definition) is 1. The Morgan fingerprint density at radius 1 is 1.46 bits per heavy atom. The summed E-state index contributed by atoms with van der Waals surface area (Å²) < 4.78 is 36.4. The first-order valence-electron chi connectivity index (χ1n) is 3.18. The normalized spacial score (nSPS) is 8.69. The fourth-order valence-electron chi connectivity index (χ4n) is 0.200. The molecule has 4 nitrogen and oxygen atoms in total. The number of esters is 1. The molecular formula is C6H9F3O4. The summed E-state index contributed by atoms with van der Waals surface area (Å²) >= 11 is 0. The Balaban J connectivity index is 0. The molecule has 0 bridgehead atoms. The van der Waals surface area contributed by atoms with Crippen LogP contribution >= 0.6 is 0 Å². The van der Waals surface area contributed by atoms with Crippen molar-refractivity contribution in [2.75, 3.05) is 13.3 Å². The van der Waals surface area contributed by atoms with Crippen LogP contribution < -0.4 is 0 Å². The molecule has 0 aromatic heterocycles. The van der Waals surface area contributed by atoms with Gasteiger partial charge in [0.25, 0.3) is 0 Å². The lowest BCUT2D eigenvalue weighted by molar-refractivity contribution is -0.149. The Morgan fingerprint density at radius 2 is 1.85 bits per heavy atom. The maximum atomic E-state index is 11.1. The molecule has 7 heteroatoms. The van der Waals surface area contributed by atoms with Crippen molar-refractivity contribution < 1.29 is 32.6 Å². The van der Waals surface area contributed by atoms with Gasteiger partial charge in [0, 0.05) is 0 Å². The molecule has 0 fully saturated rings. The number of alkyl halides is 3. The Hall–Kier alpha value is -1.27. The molecule has 13 heavy (non-hydrogen) atoms. The molecule has 0 spiro atoms. The van der Waals surface area contributed by atoms with Crippen LogP contribution in [0.25, 0.3) is 0 Å². The minimum atomic E-state index is -3.23. The van der Waals surface area contributed by atoms with E-state index in [-0.39, 0.29) is 6.61 Å². The Kier molecular flexibility index (Phi) is 9.68. The molecule has 0 heterocycles. The summed E-state index contributed by atoms with van der Waals surface area (Å²) in [6.07, 6.45) is -3.23. The van der Waals surface area contributed by atoms with Gasteiger partial charge in [0.15, 0.2) is 6.67 Å². The van der Waals surface area contributed by atoms with E-state index in [9.17, 15) is 18.0 Å². The molecule has 0 unspecified atom stereocenters. The zero-order valence-corrected chi connectivity index (χ0v) is 6.80. The number of carbonyl (C=O) groups excluding carboxylic acids is 1. The lowest BCUT2D eigenvalue weighted by Gasteiger charge is -1.92. The van der Waals surface area contributed by atoms with Crippen LogP contribution in [0.1, 0.15) is 6.92 Å². The highest BCUT2D eigenvalue weighted by Crippen LogP contribution is 1.87. The van der Waals surface area contributed by atoms with Crippen LogP contribution in [0.5, 0.6) is 0 Å². The molecule has 0 aromatic carbocycles. The van der Waals surface area contributed by atoms with Crippen LogP contribution in [0, 0.1) is 0 Å². The second-order valence-corrected chi connectivity index (χ2v) is 1.58. The summed E-state index contributed by atoms with van der Waals surface area (Å²) in [7, 11) is 0. The average molecular weight is 202 g/mol. The Labute approximate surface area is 72.3 Å². The first kappa shape index (κ1) is 14.3. The van der Waals surface area contributed by atoms with Gasteiger partial charge in [-0.1, -0.05) is 0 Å². The number of carboxylic acid groups (broad SMARTS) is 1. The van der Waals surface area contributed by atoms with Gasteiger partial charge in [-0.3, -0.25) is 0 Å². The quantitative estimate of drug-likeness (QED) is 0.689. The van der Waals surface area contributed by atoms with Crippen LogP contribution in [0.3, 0.4) is 0 Å². The van der Waals surface area contributed by atoms with Gasteiger partial charge in [-0.25, -0.2) is 14.0 Å².